The van der Waals surface area contributed by atoms with Crippen LogP contribution in [0.4, 0.5) is 0 Å². The van der Waals surface area contributed by atoms with E-state index in [-0.39, 0.29) is 5.91 Å². The number of fused-ring (bicyclic) bond motifs is 5. The average Bonchev–Trinajstić information content (AvgIpc) is 3.36. The number of hydrogen-bond donors (Lipinski definition) is 3. The molecule has 4 saturated carbocycles. The highest BCUT2D eigenvalue weighted by atomic mass is 16.5. The van der Waals surface area contributed by atoms with Gasteiger partial charge in [-0.05, 0) is 156 Å². The first-order valence-electron chi connectivity index (χ1n) is 19.1. The molecular formula is C38H71N3O2. The molecule has 0 bridgehead atoms. The van der Waals surface area contributed by atoms with Crippen molar-refractivity contribution in [1.29, 1.82) is 0 Å². The molecule has 0 aromatic heterocycles. The lowest BCUT2D eigenvalue weighted by molar-refractivity contribution is -0.137. The van der Waals surface area contributed by atoms with Gasteiger partial charge >= 0.3 is 0 Å². The Morgan fingerprint density at radius 1 is 0.860 bits per heavy atom. The maximum atomic E-state index is 12.6. The zero-order valence-corrected chi connectivity index (χ0v) is 28.9. The average molecular weight is 602 g/mol. The molecule has 4 rings (SSSR count). The van der Waals surface area contributed by atoms with Crippen LogP contribution in [0.15, 0.2) is 0 Å². The van der Waals surface area contributed by atoms with Gasteiger partial charge in [0, 0.05) is 19.6 Å². The minimum absolute atomic E-state index is 0.251. The normalized spacial score (nSPS) is 36.0. The molecule has 5 nitrogen and oxygen atoms in total. The number of carbonyl (C=O) groups is 1. The minimum Gasteiger partial charge on any atom is -0.378 e. The number of nitrogens with two attached hydrogens (primary N) is 1. The second kappa shape index (κ2) is 17.3. The number of nitrogens with one attached hydrogen (secondary N) is 2. The van der Waals surface area contributed by atoms with Crippen molar-refractivity contribution in [1.82, 2.24) is 10.6 Å². The standard InChI is InChI=1S/C38H71N3O2/c1-5-6-7-8-11-27-43-31-19-21-37(3)30(28-31)14-15-32-34-17-16-33(38(34,4)22-20-35(32)37)29(2)13-18-36(42)41-26-12-25-40-24-10-9-23-39/h29-35,40H,5-28,39H2,1-4H3,(H,41,42)/t29-,30-,31+,32+,33-,34+,35+,37+,38-/m1/s1. The van der Waals surface area contributed by atoms with E-state index in [4.69, 9.17) is 10.5 Å². The third kappa shape index (κ3) is 9.00. The summed E-state index contributed by atoms with van der Waals surface area (Å²) in [7, 11) is 0. The molecule has 5 heteroatoms. The van der Waals surface area contributed by atoms with E-state index < -0.39 is 0 Å². The smallest absolute Gasteiger partial charge is 0.220 e. The highest BCUT2D eigenvalue weighted by molar-refractivity contribution is 5.75. The fraction of sp³-hybridized carbons (Fsp3) is 0.974. The molecule has 9 atom stereocenters. The molecule has 250 valence electrons. The van der Waals surface area contributed by atoms with E-state index in [2.05, 4.69) is 38.3 Å². The van der Waals surface area contributed by atoms with Crippen LogP contribution in [0.5, 0.6) is 0 Å². The lowest BCUT2D eigenvalue weighted by Gasteiger charge is -2.61. The zero-order valence-electron chi connectivity index (χ0n) is 28.9. The molecular weight excluding hydrogens is 530 g/mol. The van der Waals surface area contributed by atoms with Crippen LogP contribution in [0.3, 0.4) is 0 Å². The van der Waals surface area contributed by atoms with Crippen molar-refractivity contribution in [2.75, 3.05) is 32.8 Å². The predicted molar refractivity (Wildman–Crippen MR) is 181 cm³/mol. The highest BCUT2D eigenvalue weighted by Gasteiger charge is 2.60. The number of amides is 1. The van der Waals surface area contributed by atoms with Crippen molar-refractivity contribution in [3.63, 3.8) is 0 Å². The van der Waals surface area contributed by atoms with Crippen LogP contribution in [-0.4, -0.2) is 44.8 Å². The summed E-state index contributed by atoms with van der Waals surface area (Å²) < 4.78 is 6.47. The van der Waals surface area contributed by atoms with Gasteiger partial charge < -0.3 is 21.1 Å². The minimum atomic E-state index is 0.251. The van der Waals surface area contributed by atoms with E-state index in [9.17, 15) is 4.79 Å². The molecule has 0 radical (unpaired) electrons. The van der Waals surface area contributed by atoms with Crippen molar-refractivity contribution in [3.05, 3.63) is 0 Å². The Bertz CT molecular complexity index is 821. The molecule has 4 fully saturated rings. The second-order valence-electron chi connectivity index (χ2n) is 16.0. The fourth-order valence-electron chi connectivity index (χ4n) is 10.9. The molecule has 1 amide bonds. The third-order valence-electron chi connectivity index (χ3n) is 13.5. The van der Waals surface area contributed by atoms with Crippen molar-refractivity contribution in [2.24, 2.45) is 52.1 Å². The Morgan fingerprint density at radius 3 is 2.44 bits per heavy atom. The van der Waals surface area contributed by atoms with Crippen molar-refractivity contribution in [3.8, 4) is 0 Å². The summed E-state index contributed by atoms with van der Waals surface area (Å²) in [5.41, 5.74) is 6.57. The molecule has 0 heterocycles. The summed E-state index contributed by atoms with van der Waals surface area (Å²) in [5.74, 6) is 5.31. The Hall–Kier alpha value is -0.650. The Balaban J connectivity index is 1.19. The molecule has 0 spiro atoms. The van der Waals surface area contributed by atoms with Crippen LogP contribution < -0.4 is 16.4 Å². The largest absolute Gasteiger partial charge is 0.378 e. The quantitative estimate of drug-likeness (QED) is 0.130. The van der Waals surface area contributed by atoms with Gasteiger partial charge in [-0.15, -0.1) is 0 Å². The van der Waals surface area contributed by atoms with Gasteiger partial charge in [0.05, 0.1) is 6.10 Å². The summed E-state index contributed by atoms with van der Waals surface area (Å²) in [6.45, 7) is 14.7. The monoisotopic (exact) mass is 602 g/mol. The topological polar surface area (TPSA) is 76.4 Å². The third-order valence-corrected chi connectivity index (χ3v) is 13.5. The van der Waals surface area contributed by atoms with Crippen molar-refractivity contribution >= 4 is 5.91 Å². The van der Waals surface area contributed by atoms with Gasteiger partial charge in [0.25, 0.3) is 0 Å². The first-order chi connectivity index (χ1) is 20.8. The van der Waals surface area contributed by atoms with Gasteiger partial charge in [0.15, 0.2) is 0 Å². The summed E-state index contributed by atoms with van der Waals surface area (Å²) in [4.78, 5) is 12.6. The van der Waals surface area contributed by atoms with Crippen molar-refractivity contribution < 1.29 is 9.53 Å². The van der Waals surface area contributed by atoms with Gasteiger partial charge in [-0.1, -0.05) is 53.4 Å². The number of hydrogen-bond acceptors (Lipinski definition) is 4. The summed E-state index contributed by atoms with van der Waals surface area (Å²) in [5, 5.41) is 6.63. The summed E-state index contributed by atoms with van der Waals surface area (Å²) in [6.07, 6.45) is 24.7. The molecule has 43 heavy (non-hydrogen) atoms. The molecule has 4 aliphatic carbocycles. The number of carbonyl (C=O) groups excluding carboxylic acids is 1. The first kappa shape index (κ1) is 35.2. The molecule has 0 aromatic rings. The maximum absolute atomic E-state index is 12.6. The Labute approximate surface area is 266 Å². The van der Waals surface area contributed by atoms with Gasteiger partial charge in [-0.3, -0.25) is 4.79 Å². The Kier molecular flexibility index (Phi) is 14.2. The van der Waals surface area contributed by atoms with E-state index in [0.29, 0.717) is 29.3 Å². The lowest BCUT2D eigenvalue weighted by Crippen LogP contribution is -2.54. The van der Waals surface area contributed by atoms with Gasteiger partial charge in [-0.25, -0.2) is 0 Å². The molecule has 4 N–H and O–H groups in total. The van der Waals surface area contributed by atoms with Crippen LogP contribution in [0, 0.1) is 46.3 Å². The van der Waals surface area contributed by atoms with E-state index >= 15 is 0 Å². The maximum Gasteiger partial charge on any atom is 0.220 e. The first-order valence-corrected chi connectivity index (χ1v) is 19.1. The number of ether oxygens (including phenoxy) is 1. The summed E-state index contributed by atoms with van der Waals surface area (Å²) in [6, 6.07) is 0. The second-order valence-corrected chi connectivity index (χ2v) is 16.0. The molecule has 4 aliphatic rings. The van der Waals surface area contributed by atoms with Gasteiger partial charge in [0.2, 0.25) is 5.91 Å². The van der Waals surface area contributed by atoms with Crippen LogP contribution in [-0.2, 0) is 9.53 Å². The van der Waals surface area contributed by atoms with E-state index in [0.717, 1.165) is 88.1 Å². The van der Waals surface area contributed by atoms with Crippen molar-refractivity contribution in [2.45, 2.75) is 156 Å². The van der Waals surface area contributed by atoms with E-state index in [1.54, 1.807) is 0 Å². The van der Waals surface area contributed by atoms with E-state index in [1.807, 2.05) is 0 Å². The fourth-order valence-corrected chi connectivity index (χ4v) is 10.9. The predicted octanol–water partition coefficient (Wildman–Crippen LogP) is 8.25. The lowest BCUT2D eigenvalue weighted by atomic mass is 9.44. The zero-order chi connectivity index (χ0) is 30.7. The van der Waals surface area contributed by atoms with Crippen LogP contribution >= 0.6 is 0 Å². The van der Waals surface area contributed by atoms with Crippen LogP contribution in [0.25, 0.3) is 0 Å². The van der Waals surface area contributed by atoms with Gasteiger partial charge in [-0.2, -0.15) is 0 Å². The SMILES string of the molecule is CCCCCCCO[C@H]1CC[C@@]2(C)[C@H](CC[C@@H]3[C@@H]2CC[C@]2(C)[C@@H]([C@H](C)CCC(=O)NCCCNCCCCN)CC[C@@H]32)C1. The molecule has 0 aliphatic heterocycles. The van der Waals surface area contributed by atoms with Gasteiger partial charge in [0.1, 0.15) is 0 Å². The number of rotatable bonds is 19. The summed E-state index contributed by atoms with van der Waals surface area (Å²) >= 11 is 0. The van der Waals surface area contributed by atoms with Crippen LogP contribution in [0.2, 0.25) is 0 Å². The van der Waals surface area contributed by atoms with E-state index in [1.165, 1.54) is 89.9 Å². The molecule has 0 saturated heterocycles. The highest BCUT2D eigenvalue weighted by Crippen LogP contribution is 2.68. The molecule has 0 unspecified atom stereocenters. The number of unbranched alkanes of at least 4 members (excludes halogenated alkanes) is 5. The Morgan fingerprint density at radius 2 is 1.63 bits per heavy atom. The van der Waals surface area contributed by atoms with Crippen LogP contribution in [0.1, 0.15) is 150 Å². The molecule has 0 aromatic carbocycles.